The molecule has 1 fully saturated rings. The van der Waals surface area contributed by atoms with Crippen molar-refractivity contribution in [1.82, 2.24) is 15.2 Å². The number of rotatable bonds is 12. The number of likely N-dealkylation sites (tertiary alicyclic amines) is 1. The van der Waals surface area contributed by atoms with E-state index in [4.69, 9.17) is 5.73 Å². The van der Waals surface area contributed by atoms with Gasteiger partial charge in [-0.1, -0.05) is 51.1 Å². The van der Waals surface area contributed by atoms with E-state index in [1.165, 1.54) is 30.5 Å². The van der Waals surface area contributed by atoms with Crippen molar-refractivity contribution in [1.29, 1.82) is 0 Å². The molecule has 43 heavy (non-hydrogen) atoms. The third kappa shape index (κ3) is 8.94. The van der Waals surface area contributed by atoms with Crippen LogP contribution in [0, 0.1) is 17.7 Å². The minimum atomic E-state index is -0.565. The maximum absolute atomic E-state index is 13.5. The summed E-state index contributed by atoms with van der Waals surface area (Å²) >= 11 is 0. The van der Waals surface area contributed by atoms with E-state index in [0.717, 1.165) is 24.8 Å². The standard InChI is InChI=1S/C34H42FN5O3/c1-22(2)18-28-10-7-17-40(28)34(43)25-15-16-37-31(21-25)33(42)39-30(20-24-8-5-4-6-9-24)29(36)19-23(3)32(41)38-27-13-11-26(35)12-14-27/h4-6,8-9,11-16,21-23,28-30H,7,10,17-20,36H2,1-3H3,(H,38,41)(H,39,42)/t23-,28-,29+,30+/m1/s1. The van der Waals surface area contributed by atoms with Gasteiger partial charge in [-0.25, -0.2) is 4.39 Å². The number of hydrogen-bond acceptors (Lipinski definition) is 5. The zero-order valence-corrected chi connectivity index (χ0v) is 25.1. The number of nitrogens with two attached hydrogens (primary N) is 1. The highest BCUT2D eigenvalue weighted by atomic mass is 19.1. The average Bonchev–Trinajstić information content (AvgIpc) is 3.45. The van der Waals surface area contributed by atoms with Crippen molar-refractivity contribution in [2.75, 3.05) is 11.9 Å². The Hall–Kier alpha value is -4.11. The molecule has 0 aliphatic carbocycles. The molecule has 8 nitrogen and oxygen atoms in total. The molecule has 0 saturated carbocycles. The molecule has 0 bridgehead atoms. The fourth-order valence-electron chi connectivity index (χ4n) is 5.64. The molecule has 4 atom stereocenters. The topological polar surface area (TPSA) is 117 Å². The monoisotopic (exact) mass is 587 g/mol. The first-order chi connectivity index (χ1) is 20.6. The van der Waals surface area contributed by atoms with E-state index in [1.807, 2.05) is 35.2 Å². The van der Waals surface area contributed by atoms with Crippen molar-refractivity contribution >= 4 is 23.4 Å². The van der Waals surface area contributed by atoms with Crippen LogP contribution >= 0.6 is 0 Å². The van der Waals surface area contributed by atoms with E-state index in [2.05, 4.69) is 29.5 Å². The number of hydrogen-bond donors (Lipinski definition) is 3. The number of nitrogens with one attached hydrogen (secondary N) is 2. The van der Waals surface area contributed by atoms with E-state index in [-0.39, 0.29) is 29.4 Å². The summed E-state index contributed by atoms with van der Waals surface area (Å²) < 4.78 is 13.3. The molecule has 2 heterocycles. The highest BCUT2D eigenvalue weighted by Gasteiger charge is 2.31. The van der Waals surface area contributed by atoms with Gasteiger partial charge in [0, 0.05) is 48.0 Å². The number of anilines is 1. The highest BCUT2D eigenvalue weighted by Crippen LogP contribution is 2.25. The van der Waals surface area contributed by atoms with Gasteiger partial charge in [0.2, 0.25) is 5.91 Å². The zero-order chi connectivity index (χ0) is 30.9. The lowest BCUT2D eigenvalue weighted by atomic mass is 9.92. The summed E-state index contributed by atoms with van der Waals surface area (Å²) in [5.74, 6) is -1.15. The van der Waals surface area contributed by atoms with Crippen LogP contribution in [0.5, 0.6) is 0 Å². The number of benzene rings is 2. The molecule has 228 valence electrons. The lowest BCUT2D eigenvalue weighted by Crippen LogP contribution is -2.50. The number of halogens is 1. The maximum atomic E-state index is 13.5. The van der Waals surface area contributed by atoms with Crippen LogP contribution in [0.2, 0.25) is 0 Å². The van der Waals surface area contributed by atoms with Gasteiger partial charge in [0.05, 0.1) is 0 Å². The molecule has 3 amide bonds. The number of carbonyl (C=O) groups excluding carboxylic acids is 3. The largest absolute Gasteiger partial charge is 0.346 e. The van der Waals surface area contributed by atoms with Gasteiger partial charge >= 0.3 is 0 Å². The van der Waals surface area contributed by atoms with Crippen molar-refractivity contribution < 1.29 is 18.8 Å². The molecule has 1 aromatic heterocycles. The fourth-order valence-corrected chi connectivity index (χ4v) is 5.64. The Kier molecular flexibility index (Phi) is 11.0. The molecule has 9 heteroatoms. The summed E-state index contributed by atoms with van der Waals surface area (Å²) in [5, 5.41) is 5.82. The predicted octanol–water partition coefficient (Wildman–Crippen LogP) is 5.20. The van der Waals surface area contributed by atoms with Crippen molar-refractivity contribution in [2.45, 2.75) is 71.0 Å². The van der Waals surface area contributed by atoms with E-state index >= 15 is 0 Å². The molecule has 0 unspecified atom stereocenters. The van der Waals surface area contributed by atoms with Crippen LogP contribution in [0.25, 0.3) is 0 Å². The molecular formula is C34H42FN5O3. The molecule has 2 aromatic carbocycles. The van der Waals surface area contributed by atoms with Crippen LogP contribution in [0.15, 0.2) is 72.9 Å². The lowest BCUT2D eigenvalue weighted by Gasteiger charge is -2.27. The number of nitrogens with zero attached hydrogens (tertiary/aromatic N) is 2. The van der Waals surface area contributed by atoms with Gasteiger partial charge in [0.15, 0.2) is 0 Å². The summed E-state index contributed by atoms with van der Waals surface area (Å²) in [7, 11) is 0. The van der Waals surface area contributed by atoms with Crippen LogP contribution in [-0.2, 0) is 11.2 Å². The third-order valence-electron chi connectivity index (χ3n) is 7.94. The Morgan fingerprint density at radius 2 is 1.77 bits per heavy atom. The second-order valence-electron chi connectivity index (χ2n) is 11.9. The highest BCUT2D eigenvalue weighted by molar-refractivity contribution is 5.99. The van der Waals surface area contributed by atoms with Crippen molar-refractivity contribution in [3.63, 3.8) is 0 Å². The fraction of sp³-hybridized carbons (Fsp3) is 0.412. The van der Waals surface area contributed by atoms with E-state index in [9.17, 15) is 18.8 Å². The first kappa shape index (κ1) is 31.8. The van der Waals surface area contributed by atoms with Crippen LogP contribution in [0.1, 0.15) is 72.9 Å². The molecular weight excluding hydrogens is 545 g/mol. The Balaban J connectivity index is 1.46. The van der Waals surface area contributed by atoms with Gasteiger partial charge in [0.25, 0.3) is 11.8 Å². The molecule has 1 saturated heterocycles. The molecule has 1 aliphatic rings. The number of amides is 3. The molecule has 4 rings (SSSR count). The summed E-state index contributed by atoms with van der Waals surface area (Å²) in [5.41, 5.74) is 8.68. The van der Waals surface area contributed by atoms with Crippen LogP contribution < -0.4 is 16.4 Å². The van der Waals surface area contributed by atoms with E-state index in [0.29, 0.717) is 36.6 Å². The van der Waals surface area contributed by atoms with Gasteiger partial charge in [-0.15, -0.1) is 0 Å². The van der Waals surface area contributed by atoms with Gasteiger partial charge in [-0.3, -0.25) is 19.4 Å². The van der Waals surface area contributed by atoms with Crippen LogP contribution in [0.3, 0.4) is 0 Å². The van der Waals surface area contributed by atoms with Gasteiger partial charge < -0.3 is 21.3 Å². The SMILES string of the molecule is CC(C)C[C@H]1CCCN1C(=O)c1ccnc(C(=O)N[C@@H](Cc2ccccc2)[C@@H](N)C[C@@H](C)C(=O)Nc2ccc(F)cc2)c1. The third-order valence-corrected chi connectivity index (χ3v) is 7.94. The smallest absolute Gasteiger partial charge is 0.270 e. The molecule has 1 aliphatic heterocycles. The summed E-state index contributed by atoms with van der Waals surface area (Å²) in [4.78, 5) is 45.9. The second kappa shape index (κ2) is 14.9. The zero-order valence-electron chi connectivity index (χ0n) is 25.1. The van der Waals surface area contributed by atoms with Crippen LogP contribution in [0.4, 0.5) is 10.1 Å². The Morgan fingerprint density at radius 3 is 2.47 bits per heavy atom. The molecule has 0 spiro atoms. The first-order valence-electron chi connectivity index (χ1n) is 15.0. The van der Waals surface area contributed by atoms with E-state index in [1.54, 1.807) is 19.1 Å². The Morgan fingerprint density at radius 1 is 1.05 bits per heavy atom. The maximum Gasteiger partial charge on any atom is 0.270 e. The molecule has 4 N–H and O–H groups in total. The van der Waals surface area contributed by atoms with Gasteiger partial charge in [0.1, 0.15) is 11.5 Å². The summed E-state index contributed by atoms with van der Waals surface area (Å²) in [6.45, 7) is 6.79. The lowest BCUT2D eigenvalue weighted by molar-refractivity contribution is -0.119. The number of aromatic nitrogens is 1. The summed E-state index contributed by atoms with van der Waals surface area (Å²) in [6.07, 6.45) is 5.14. The minimum absolute atomic E-state index is 0.0851. The average molecular weight is 588 g/mol. The number of pyridine rings is 1. The molecule has 3 aromatic rings. The summed E-state index contributed by atoms with van der Waals surface area (Å²) in [6, 6.07) is 17.5. The molecule has 0 radical (unpaired) electrons. The Bertz CT molecular complexity index is 1380. The van der Waals surface area contributed by atoms with Crippen LogP contribution in [-0.4, -0.2) is 52.3 Å². The van der Waals surface area contributed by atoms with Gasteiger partial charge in [-0.05, 0) is 80.0 Å². The van der Waals surface area contributed by atoms with Crippen molar-refractivity contribution in [3.05, 3.63) is 95.6 Å². The number of carbonyl (C=O) groups is 3. The van der Waals surface area contributed by atoms with Gasteiger partial charge in [-0.2, -0.15) is 0 Å². The normalized spacial score (nSPS) is 16.9. The quantitative estimate of drug-likeness (QED) is 0.269. The van der Waals surface area contributed by atoms with E-state index < -0.39 is 23.9 Å². The van der Waals surface area contributed by atoms with Crippen molar-refractivity contribution in [3.8, 4) is 0 Å². The minimum Gasteiger partial charge on any atom is -0.346 e. The predicted molar refractivity (Wildman–Crippen MR) is 166 cm³/mol. The second-order valence-corrected chi connectivity index (χ2v) is 11.9. The Labute approximate surface area is 253 Å². The van der Waals surface area contributed by atoms with Crippen molar-refractivity contribution in [2.24, 2.45) is 17.6 Å². The first-order valence-corrected chi connectivity index (χ1v) is 15.0.